The maximum atomic E-state index is 13.8. The third-order valence-electron chi connectivity index (χ3n) is 14.6. The Kier molecular flexibility index (Phi) is 13.0. The van der Waals surface area contributed by atoms with Gasteiger partial charge >= 0.3 is 0 Å². The summed E-state index contributed by atoms with van der Waals surface area (Å²) in [6.45, 7) is 0.695. The number of carbonyl (C=O) groups excluding carboxylic acids is 6. The van der Waals surface area contributed by atoms with Gasteiger partial charge in [0, 0.05) is 43.3 Å². The van der Waals surface area contributed by atoms with Crippen LogP contribution in [0.4, 0.5) is 33.3 Å². The van der Waals surface area contributed by atoms with Crippen LogP contribution < -0.4 is 20.9 Å². The van der Waals surface area contributed by atoms with E-state index in [2.05, 4.69) is 25.3 Å². The van der Waals surface area contributed by atoms with E-state index in [4.69, 9.17) is 28.9 Å². The molecule has 0 radical (unpaired) electrons. The normalized spacial score (nSPS) is 24.7. The summed E-state index contributed by atoms with van der Waals surface area (Å²) in [5, 5.41) is 2.85. The van der Waals surface area contributed by atoms with Crippen LogP contribution in [0.2, 0.25) is 10.0 Å². The summed E-state index contributed by atoms with van der Waals surface area (Å²) in [5.41, 5.74) is 4.42. The number of primary amides is 1. The Morgan fingerprint density at radius 1 is 0.681 bits per heavy atom. The molecule has 5 N–H and O–H groups in total. The largest absolute Gasteiger partial charge is 0.364 e. The highest BCUT2D eigenvalue weighted by molar-refractivity contribution is 6.34. The maximum absolute atomic E-state index is 13.8. The SMILES string of the molecule is NC(=O)c1nc[nH]c1C(=O)N(C1CC1)C1CCC2(CC1)CCN(c1cc(F)c(F)cc1Cl)C2=O.O=C(NC1CCC2(CC1)CCN(c1cc(F)c(F)cc1Cl)C2=O)c1nc[nH]c1C(=O)N1CC(F)C1. The van der Waals surface area contributed by atoms with Crippen LogP contribution in [0.1, 0.15) is 119 Å². The number of likely N-dealkylation sites (tertiary alicyclic amines) is 1. The Morgan fingerprint density at radius 2 is 1.14 bits per heavy atom. The molecule has 2 aromatic heterocycles. The molecule has 366 valence electrons. The average Bonchev–Trinajstić information content (AvgIpc) is 3.60. The van der Waals surface area contributed by atoms with E-state index < -0.39 is 58.0 Å². The fraction of sp³-hybridized carbons (Fsp3) is 0.478. The minimum Gasteiger partial charge on any atom is -0.364 e. The number of hydrogen-bond acceptors (Lipinski definition) is 8. The third-order valence-corrected chi connectivity index (χ3v) is 15.2. The van der Waals surface area contributed by atoms with Gasteiger partial charge in [-0.05, 0) is 89.2 Å². The standard InChI is InChI=1S/C23H23ClF3N5O3.C23H24ClF2N5O3/c24-14-7-15(26)16(27)8-17(14)32-6-5-23(22(32)35)3-1-13(2-4-23)30-20(33)18-19(29-11-28-18)21(34)31-9-12(25)10-31;24-14-9-15(25)16(26)10-17(14)30-8-7-23(22(30)34)5-3-13(4-6-23)31(12-1-2-12)21(33)19-18(20(27)32)28-11-29-19/h7-8,11-13H,1-6,9-10H2,(H,28,29)(H,30,33);9-13H,1-8H2,(H2,27,32)(H,28,29). The number of nitrogens with one attached hydrogen (secondary N) is 3. The number of hydrogen-bond donors (Lipinski definition) is 4. The topological polar surface area (TPSA) is 211 Å². The van der Waals surface area contributed by atoms with E-state index in [0.29, 0.717) is 77.3 Å². The number of nitrogens with two attached hydrogens (primary N) is 1. The number of benzene rings is 2. The molecule has 4 aromatic rings. The lowest BCUT2D eigenvalue weighted by Crippen LogP contribution is -2.52. The highest BCUT2D eigenvalue weighted by Crippen LogP contribution is 2.50. The van der Waals surface area contributed by atoms with Gasteiger partial charge in [0.1, 0.15) is 17.6 Å². The Morgan fingerprint density at radius 3 is 1.64 bits per heavy atom. The van der Waals surface area contributed by atoms with E-state index in [0.717, 1.165) is 37.1 Å². The minimum atomic E-state index is -1.07. The first-order chi connectivity index (χ1) is 32.9. The zero-order chi connectivity index (χ0) is 49.1. The number of rotatable bonds is 9. The smallest absolute Gasteiger partial charge is 0.273 e. The highest BCUT2D eigenvalue weighted by atomic mass is 35.5. The molecule has 0 atom stereocenters. The molecule has 2 spiro atoms. The lowest BCUT2D eigenvalue weighted by Gasteiger charge is -2.41. The van der Waals surface area contributed by atoms with Crippen LogP contribution in [0.5, 0.6) is 0 Å². The van der Waals surface area contributed by atoms with Gasteiger partial charge in [0.15, 0.2) is 34.7 Å². The molecule has 23 heteroatoms. The Balaban J connectivity index is 0.000000172. The van der Waals surface area contributed by atoms with Gasteiger partial charge in [-0.25, -0.2) is 31.9 Å². The molecule has 69 heavy (non-hydrogen) atoms. The number of halogens is 7. The number of nitrogens with zero attached hydrogens (tertiary/aromatic N) is 6. The summed E-state index contributed by atoms with van der Waals surface area (Å²) >= 11 is 12.2. The van der Waals surface area contributed by atoms with Crippen molar-refractivity contribution in [3.05, 3.63) is 93.0 Å². The van der Waals surface area contributed by atoms with Crippen molar-refractivity contribution in [1.29, 1.82) is 0 Å². The molecule has 10 rings (SSSR count). The van der Waals surface area contributed by atoms with Gasteiger partial charge in [0.05, 0.1) is 58.0 Å². The summed E-state index contributed by atoms with van der Waals surface area (Å²) in [6, 6.07) is 3.45. The number of amides is 6. The predicted octanol–water partition coefficient (Wildman–Crippen LogP) is 6.64. The predicted molar refractivity (Wildman–Crippen MR) is 239 cm³/mol. The third kappa shape index (κ3) is 9.03. The summed E-state index contributed by atoms with van der Waals surface area (Å²) in [5.74, 6) is -6.64. The molecule has 6 fully saturated rings. The fourth-order valence-corrected chi connectivity index (χ4v) is 11.1. The number of H-pyrrole nitrogens is 2. The number of anilines is 2. The van der Waals surface area contributed by atoms with Crippen LogP contribution in [0.25, 0.3) is 0 Å². The van der Waals surface area contributed by atoms with Crippen LogP contribution in [0, 0.1) is 34.1 Å². The van der Waals surface area contributed by atoms with E-state index in [-0.39, 0.29) is 93.1 Å². The van der Waals surface area contributed by atoms with Crippen LogP contribution in [-0.2, 0) is 9.59 Å². The second kappa shape index (κ2) is 18.7. The lowest BCUT2D eigenvalue weighted by atomic mass is 9.71. The fourth-order valence-electron chi connectivity index (χ4n) is 10.6. The molecule has 3 saturated heterocycles. The van der Waals surface area contributed by atoms with Crippen molar-refractivity contribution in [1.82, 2.24) is 35.1 Å². The van der Waals surface area contributed by atoms with E-state index in [1.54, 1.807) is 0 Å². The molecule has 0 bridgehead atoms. The Labute approximate surface area is 401 Å². The van der Waals surface area contributed by atoms with Crippen molar-refractivity contribution in [3.63, 3.8) is 0 Å². The first-order valence-corrected chi connectivity index (χ1v) is 23.5. The zero-order valence-electron chi connectivity index (χ0n) is 36.9. The molecule has 3 saturated carbocycles. The Hall–Kier alpha value is -6.09. The van der Waals surface area contributed by atoms with Crippen LogP contribution in [-0.4, -0.2) is 116 Å². The first kappa shape index (κ1) is 48.0. The molecule has 0 unspecified atom stereocenters. The molecule has 3 aliphatic carbocycles. The molecular weight excluding hydrogens is 954 g/mol. The summed E-state index contributed by atoms with van der Waals surface area (Å²) in [4.78, 5) is 96.2. The molecule has 16 nitrogen and oxygen atoms in total. The lowest BCUT2D eigenvalue weighted by molar-refractivity contribution is -0.128. The molecule has 6 aliphatic rings. The van der Waals surface area contributed by atoms with E-state index >= 15 is 0 Å². The number of imidazole rings is 2. The second-order valence-electron chi connectivity index (χ2n) is 18.8. The number of alkyl halides is 1. The average molecular weight is 1000 g/mol. The van der Waals surface area contributed by atoms with Gasteiger partial charge in [-0.3, -0.25) is 28.8 Å². The van der Waals surface area contributed by atoms with Crippen molar-refractivity contribution < 1.29 is 50.7 Å². The summed E-state index contributed by atoms with van der Waals surface area (Å²) < 4.78 is 67.6. The quantitative estimate of drug-likeness (QED) is 0.105. The van der Waals surface area contributed by atoms with Crippen molar-refractivity contribution in [2.75, 3.05) is 36.0 Å². The molecule has 3 aliphatic heterocycles. The van der Waals surface area contributed by atoms with E-state index in [1.165, 1.54) is 27.4 Å². The van der Waals surface area contributed by atoms with Gasteiger partial charge in [0.25, 0.3) is 23.6 Å². The zero-order valence-corrected chi connectivity index (χ0v) is 38.5. The van der Waals surface area contributed by atoms with Gasteiger partial charge < -0.3 is 40.6 Å². The number of carbonyl (C=O) groups is 6. The van der Waals surface area contributed by atoms with Crippen LogP contribution in [0.15, 0.2) is 36.9 Å². The number of aromatic nitrogens is 4. The summed E-state index contributed by atoms with van der Waals surface area (Å²) in [6.07, 6.45) is 8.81. The highest BCUT2D eigenvalue weighted by Gasteiger charge is 2.52. The molecule has 6 amide bonds. The molecular formula is C46H47Cl2F5N10O6. The van der Waals surface area contributed by atoms with Crippen molar-refractivity contribution in [3.8, 4) is 0 Å². The van der Waals surface area contributed by atoms with Crippen LogP contribution >= 0.6 is 23.2 Å². The number of aromatic amines is 2. The van der Waals surface area contributed by atoms with Crippen molar-refractivity contribution in [2.45, 2.75) is 101 Å². The van der Waals surface area contributed by atoms with Crippen molar-refractivity contribution >= 4 is 70.0 Å². The van der Waals surface area contributed by atoms with E-state index in [9.17, 15) is 50.7 Å². The second-order valence-corrected chi connectivity index (χ2v) is 19.6. The van der Waals surface area contributed by atoms with Crippen molar-refractivity contribution in [2.24, 2.45) is 16.6 Å². The molecule has 5 heterocycles. The van der Waals surface area contributed by atoms with Gasteiger partial charge in [-0.2, -0.15) is 0 Å². The summed E-state index contributed by atoms with van der Waals surface area (Å²) in [7, 11) is 0. The molecule has 2 aromatic carbocycles. The van der Waals surface area contributed by atoms with Gasteiger partial charge in [-0.15, -0.1) is 0 Å². The Bertz CT molecular complexity index is 2730. The van der Waals surface area contributed by atoms with E-state index in [1.807, 2.05) is 4.90 Å². The van der Waals surface area contributed by atoms with Gasteiger partial charge in [-0.1, -0.05) is 23.2 Å². The monoisotopic (exact) mass is 1000 g/mol. The van der Waals surface area contributed by atoms with Gasteiger partial charge in [0.2, 0.25) is 11.8 Å². The minimum absolute atomic E-state index is 0.00620. The van der Waals surface area contributed by atoms with Crippen LogP contribution in [0.3, 0.4) is 0 Å². The maximum Gasteiger partial charge on any atom is 0.273 e. The first-order valence-electron chi connectivity index (χ1n) is 22.8.